The van der Waals surface area contributed by atoms with Gasteiger partial charge in [0.2, 0.25) is 0 Å². The number of carbonyl (C=O) groups is 2. The number of likely N-dealkylation sites (tertiary alicyclic amines) is 1. The van der Waals surface area contributed by atoms with Gasteiger partial charge in [0.15, 0.2) is 0 Å². The summed E-state index contributed by atoms with van der Waals surface area (Å²) in [5.41, 5.74) is 0.636. The van der Waals surface area contributed by atoms with Crippen molar-refractivity contribution in [3.8, 4) is 11.5 Å². The van der Waals surface area contributed by atoms with Crippen LogP contribution in [0.4, 0.5) is 0 Å². The standard InChI is InChI=1S/C22H26N2O4/c1-2-23(16-21(25)26)18-12-14-24(15-13-18)22(27)17-8-10-20(11-9-17)28-19-6-4-3-5-7-19/h3-11,18H,2,12-16H2,1H3,(H,25,26). The highest BCUT2D eigenvalue weighted by Crippen LogP contribution is 2.23. The smallest absolute Gasteiger partial charge is 0.317 e. The summed E-state index contributed by atoms with van der Waals surface area (Å²) in [6.07, 6.45) is 1.59. The summed E-state index contributed by atoms with van der Waals surface area (Å²) in [7, 11) is 0. The zero-order valence-electron chi connectivity index (χ0n) is 16.1. The lowest BCUT2D eigenvalue weighted by Crippen LogP contribution is -2.48. The Kier molecular flexibility index (Phi) is 6.66. The lowest BCUT2D eigenvalue weighted by molar-refractivity contribution is -0.139. The van der Waals surface area contributed by atoms with Crippen LogP contribution in [0.3, 0.4) is 0 Å². The molecule has 3 rings (SSSR count). The van der Waals surface area contributed by atoms with Gasteiger partial charge >= 0.3 is 5.97 Å². The van der Waals surface area contributed by atoms with E-state index < -0.39 is 5.97 Å². The number of para-hydroxylation sites is 1. The van der Waals surface area contributed by atoms with Crippen LogP contribution in [0, 0.1) is 0 Å². The first-order valence-corrected chi connectivity index (χ1v) is 9.65. The van der Waals surface area contributed by atoms with Crippen LogP contribution in [0.15, 0.2) is 54.6 Å². The summed E-state index contributed by atoms with van der Waals surface area (Å²) >= 11 is 0. The Labute approximate surface area is 165 Å². The van der Waals surface area contributed by atoms with E-state index in [9.17, 15) is 9.59 Å². The highest BCUT2D eigenvalue weighted by molar-refractivity contribution is 5.94. The number of nitrogens with zero attached hydrogens (tertiary/aromatic N) is 2. The van der Waals surface area contributed by atoms with E-state index in [1.54, 1.807) is 24.3 Å². The Morgan fingerprint density at radius 3 is 2.21 bits per heavy atom. The summed E-state index contributed by atoms with van der Waals surface area (Å²) in [6.45, 7) is 4.01. The number of rotatable bonds is 7. The van der Waals surface area contributed by atoms with E-state index in [1.165, 1.54) is 0 Å². The van der Waals surface area contributed by atoms with Gasteiger partial charge in [0, 0.05) is 24.7 Å². The summed E-state index contributed by atoms with van der Waals surface area (Å²) in [5, 5.41) is 9.03. The molecule has 1 aliphatic heterocycles. The summed E-state index contributed by atoms with van der Waals surface area (Å²) < 4.78 is 5.76. The molecule has 0 spiro atoms. The van der Waals surface area contributed by atoms with E-state index in [-0.39, 0.29) is 18.5 Å². The number of ether oxygens (including phenoxy) is 1. The predicted octanol–water partition coefficient (Wildman–Crippen LogP) is 3.49. The zero-order chi connectivity index (χ0) is 19.9. The van der Waals surface area contributed by atoms with Crippen LogP contribution in [-0.2, 0) is 4.79 Å². The minimum absolute atomic E-state index is 0.00555. The topological polar surface area (TPSA) is 70.1 Å². The molecule has 0 unspecified atom stereocenters. The lowest BCUT2D eigenvalue weighted by atomic mass is 10.0. The summed E-state index contributed by atoms with van der Waals surface area (Å²) in [6, 6.07) is 16.9. The van der Waals surface area contributed by atoms with Gasteiger partial charge in [-0.3, -0.25) is 14.5 Å². The fraction of sp³-hybridized carbons (Fsp3) is 0.364. The number of carboxylic acid groups (broad SMARTS) is 1. The third-order valence-electron chi connectivity index (χ3n) is 5.09. The second-order valence-corrected chi connectivity index (χ2v) is 6.92. The Morgan fingerprint density at radius 2 is 1.64 bits per heavy atom. The average molecular weight is 382 g/mol. The maximum Gasteiger partial charge on any atom is 0.317 e. The molecule has 2 aromatic rings. The summed E-state index contributed by atoms with van der Waals surface area (Å²) in [4.78, 5) is 27.6. The number of hydrogen-bond acceptors (Lipinski definition) is 4. The van der Waals surface area contributed by atoms with Gasteiger partial charge in [0.25, 0.3) is 5.91 Å². The van der Waals surface area contributed by atoms with Crippen LogP contribution in [0.25, 0.3) is 0 Å². The molecule has 6 heteroatoms. The quantitative estimate of drug-likeness (QED) is 0.794. The van der Waals surface area contributed by atoms with Gasteiger partial charge in [-0.2, -0.15) is 0 Å². The molecule has 6 nitrogen and oxygen atoms in total. The van der Waals surface area contributed by atoms with Gasteiger partial charge in [-0.15, -0.1) is 0 Å². The summed E-state index contributed by atoms with van der Waals surface area (Å²) in [5.74, 6) is 0.642. The first-order valence-electron chi connectivity index (χ1n) is 9.65. The third-order valence-corrected chi connectivity index (χ3v) is 5.09. The molecule has 148 valence electrons. The van der Waals surface area contributed by atoms with Gasteiger partial charge in [0.05, 0.1) is 6.54 Å². The van der Waals surface area contributed by atoms with Crippen molar-refractivity contribution in [2.24, 2.45) is 0 Å². The normalized spacial score (nSPS) is 14.9. The highest BCUT2D eigenvalue weighted by atomic mass is 16.5. The van der Waals surface area contributed by atoms with Crippen molar-refractivity contribution in [1.29, 1.82) is 0 Å². The Morgan fingerprint density at radius 1 is 1.04 bits per heavy atom. The van der Waals surface area contributed by atoms with Crippen molar-refractivity contribution in [3.63, 3.8) is 0 Å². The Hall–Kier alpha value is -2.86. The number of likely N-dealkylation sites (N-methyl/N-ethyl adjacent to an activating group) is 1. The van der Waals surface area contributed by atoms with Crippen molar-refractivity contribution in [2.75, 3.05) is 26.2 Å². The van der Waals surface area contributed by atoms with Crippen LogP contribution in [0.2, 0.25) is 0 Å². The number of benzene rings is 2. The van der Waals surface area contributed by atoms with Gasteiger partial charge in [-0.05, 0) is 55.8 Å². The minimum atomic E-state index is -0.807. The first kappa shape index (κ1) is 19.9. The highest BCUT2D eigenvalue weighted by Gasteiger charge is 2.27. The second kappa shape index (κ2) is 9.37. The van der Waals surface area contributed by atoms with E-state index in [2.05, 4.69) is 0 Å². The van der Waals surface area contributed by atoms with Crippen molar-refractivity contribution >= 4 is 11.9 Å². The van der Waals surface area contributed by atoms with Crippen LogP contribution in [-0.4, -0.2) is 59.0 Å². The monoisotopic (exact) mass is 382 g/mol. The van der Waals surface area contributed by atoms with Crippen LogP contribution in [0.1, 0.15) is 30.1 Å². The van der Waals surface area contributed by atoms with E-state index in [0.29, 0.717) is 30.9 Å². The Bertz CT molecular complexity index is 784. The molecule has 0 saturated carbocycles. The number of carboxylic acids is 1. The number of piperidine rings is 1. The molecular weight excluding hydrogens is 356 g/mol. The average Bonchev–Trinajstić information content (AvgIpc) is 2.73. The number of hydrogen-bond donors (Lipinski definition) is 1. The molecule has 0 bridgehead atoms. The third kappa shape index (κ3) is 5.10. The molecule has 1 aliphatic rings. The van der Waals surface area contributed by atoms with Crippen LogP contribution >= 0.6 is 0 Å². The molecule has 28 heavy (non-hydrogen) atoms. The molecular formula is C22H26N2O4. The molecule has 0 aromatic heterocycles. The minimum Gasteiger partial charge on any atom is -0.480 e. The fourth-order valence-corrected chi connectivity index (χ4v) is 3.58. The largest absolute Gasteiger partial charge is 0.480 e. The Balaban J connectivity index is 1.55. The maximum atomic E-state index is 12.8. The van der Waals surface area contributed by atoms with Crippen LogP contribution < -0.4 is 4.74 Å². The molecule has 1 N–H and O–H groups in total. The number of amides is 1. The van der Waals surface area contributed by atoms with E-state index in [4.69, 9.17) is 9.84 Å². The molecule has 1 fully saturated rings. The van der Waals surface area contributed by atoms with E-state index in [1.807, 2.05) is 47.1 Å². The van der Waals surface area contributed by atoms with Gasteiger partial charge in [0.1, 0.15) is 11.5 Å². The van der Waals surface area contributed by atoms with Crippen molar-refractivity contribution in [1.82, 2.24) is 9.80 Å². The lowest BCUT2D eigenvalue weighted by Gasteiger charge is -2.37. The van der Waals surface area contributed by atoms with Crippen molar-refractivity contribution in [3.05, 3.63) is 60.2 Å². The predicted molar refractivity (Wildman–Crippen MR) is 107 cm³/mol. The van der Waals surface area contributed by atoms with E-state index >= 15 is 0 Å². The molecule has 0 aliphatic carbocycles. The number of aliphatic carboxylic acids is 1. The first-order chi connectivity index (χ1) is 13.6. The second-order valence-electron chi connectivity index (χ2n) is 6.92. The molecule has 1 saturated heterocycles. The molecule has 2 aromatic carbocycles. The SMILES string of the molecule is CCN(CC(=O)O)C1CCN(C(=O)c2ccc(Oc3ccccc3)cc2)CC1. The maximum absolute atomic E-state index is 12.8. The molecule has 1 heterocycles. The van der Waals surface area contributed by atoms with Gasteiger partial charge in [-0.25, -0.2) is 0 Å². The van der Waals surface area contributed by atoms with Crippen molar-refractivity contribution in [2.45, 2.75) is 25.8 Å². The van der Waals surface area contributed by atoms with Gasteiger partial charge < -0.3 is 14.7 Å². The number of carbonyl (C=O) groups excluding carboxylic acids is 1. The van der Waals surface area contributed by atoms with E-state index in [0.717, 1.165) is 18.6 Å². The molecule has 0 radical (unpaired) electrons. The van der Waals surface area contributed by atoms with Crippen molar-refractivity contribution < 1.29 is 19.4 Å². The molecule has 1 amide bonds. The van der Waals surface area contributed by atoms with Crippen LogP contribution in [0.5, 0.6) is 11.5 Å². The fourth-order valence-electron chi connectivity index (χ4n) is 3.58. The zero-order valence-corrected chi connectivity index (χ0v) is 16.1. The van der Waals surface area contributed by atoms with Gasteiger partial charge in [-0.1, -0.05) is 25.1 Å². The molecule has 0 atom stereocenters.